The predicted molar refractivity (Wildman–Crippen MR) is 68.2 cm³/mol. The third kappa shape index (κ3) is 4.83. The zero-order valence-electron chi connectivity index (χ0n) is 9.06. The first kappa shape index (κ1) is 14.8. The average molecular weight is 376 g/mol. The molecule has 17 heavy (non-hydrogen) atoms. The van der Waals surface area contributed by atoms with Crippen molar-refractivity contribution in [1.82, 2.24) is 4.98 Å². The fourth-order valence-electron chi connectivity index (χ4n) is 1.39. The Labute approximate surface area is 114 Å². The lowest BCUT2D eigenvalue weighted by Gasteiger charge is -2.25. The zero-order valence-corrected chi connectivity index (χ0v) is 12.2. The lowest BCUT2D eigenvalue weighted by Crippen LogP contribution is -2.35. The molecule has 0 saturated heterocycles. The molecular weight excluding hydrogens is 365 g/mol. The van der Waals surface area contributed by atoms with Gasteiger partial charge >= 0.3 is 6.18 Å². The van der Waals surface area contributed by atoms with E-state index in [0.29, 0.717) is 23.3 Å². The van der Waals surface area contributed by atoms with Crippen LogP contribution in [0.5, 0.6) is 0 Å². The zero-order chi connectivity index (χ0) is 13.1. The molecule has 0 amide bonds. The van der Waals surface area contributed by atoms with Crippen LogP contribution in [-0.2, 0) is 0 Å². The van der Waals surface area contributed by atoms with Crippen molar-refractivity contribution in [2.45, 2.75) is 19.5 Å². The second-order valence-corrected chi connectivity index (χ2v) is 5.27. The Morgan fingerprint density at radius 2 is 2.00 bits per heavy atom. The minimum atomic E-state index is -4.23. The highest BCUT2D eigenvalue weighted by Crippen LogP contribution is 2.29. The monoisotopic (exact) mass is 374 g/mol. The van der Waals surface area contributed by atoms with Crippen LogP contribution in [0.25, 0.3) is 0 Å². The van der Waals surface area contributed by atoms with Crippen LogP contribution in [0.15, 0.2) is 21.2 Å². The number of aromatic nitrogens is 1. The number of anilines is 1. The summed E-state index contributed by atoms with van der Waals surface area (Å²) in [4.78, 5) is 5.23. The van der Waals surface area contributed by atoms with Crippen molar-refractivity contribution in [1.29, 1.82) is 0 Å². The summed E-state index contributed by atoms with van der Waals surface area (Å²) in [6.07, 6.45) is -2.12. The van der Waals surface area contributed by atoms with E-state index in [0.717, 1.165) is 4.47 Å². The highest BCUT2D eigenvalue weighted by atomic mass is 79.9. The Bertz CT molecular complexity index is 382. The van der Waals surface area contributed by atoms with Gasteiger partial charge in [-0.3, -0.25) is 0 Å². The molecule has 0 aliphatic carbocycles. The van der Waals surface area contributed by atoms with Crippen molar-refractivity contribution in [3.8, 4) is 0 Å². The maximum absolute atomic E-state index is 12.4. The van der Waals surface area contributed by atoms with E-state index >= 15 is 0 Å². The first-order valence-corrected chi connectivity index (χ1v) is 6.55. The van der Waals surface area contributed by atoms with E-state index in [2.05, 4.69) is 36.8 Å². The smallest absolute Gasteiger partial charge is 0.347 e. The number of hydrogen-bond donors (Lipinski definition) is 0. The molecule has 0 fully saturated rings. The van der Waals surface area contributed by atoms with Crippen LogP contribution in [-0.4, -0.2) is 24.2 Å². The molecule has 1 aromatic rings. The molecular formula is C10H11Br2F3N2. The van der Waals surface area contributed by atoms with Crippen molar-refractivity contribution < 1.29 is 13.2 Å². The van der Waals surface area contributed by atoms with Gasteiger partial charge in [-0.25, -0.2) is 4.98 Å². The molecule has 0 saturated carbocycles. The normalized spacial score (nSPS) is 11.6. The molecule has 7 heteroatoms. The van der Waals surface area contributed by atoms with Crippen molar-refractivity contribution >= 4 is 37.7 Å². The van der Waals surface area contributed by atoms with Gasteiger partial charge in [-0.05, 0) is 44.3 Å². The molecule has 0 atom stereocenters. The van der Waals surface area contributed by atoms with Crippen molar-refractivity contribution in [3.05, 3.63) is 21.2 Å². The quantitative estimate of drug-likeness (QED) is 0.776. The molecule has 1 rings (SSSR count). The number of pyridine rings is 1. The Morgan fingerprint density at radius 3 is 2.47 bits per heavy atom. The third-order valence-corrected chi connectivity index (χ3v) is 2.97. The van der Waals surface area contributed by atoms with E-state index in [9.17, 15) is 13.2 Å². The fourth-order valence-corrected chi connectivity index (χ4v) is 2.62. The minimum absolute atomic E-state index is 0.312. The summed E-state index contributed by atoms with van der Waals surface area (Å²) < 4.78 is 38.6. The highest BCUT2D eigenvalue weighted by molar-refractivity contribution is 9.11. The first-order chi connectivity index (χ1) is 7.83. The molecule has 0 bridgehead atoms. The highest BCUT2D eigenvalue weighted by Gasteiger charge is 2.31. The first-order valence-electron chi connectivity index (χ1n) is 4.96. The molecule has 0 N–H and O–H groups in total. The van der Waals surface area contributed by atoms with Gasteiger partial charge in [-0.15, -0.1) is 0 Å². The Morgan fingerprint density at radius 1 is 1.35 bits per heavy atom. The van der Waals surface area contributed by atoms with Crippen LogP contribution in [0, 0.1) is 0 Å². The summed E-state index contributed by atoms with van der Waals surface area (Å²) in [5.74, 6) is 0.312. The lowest BCUT2D eigenvalue weighted by molar-refractivity contribution is -0.119. The molecule has 1 aromatic heterocycles. The SMILES string of the molecule is CCCN(CC(F)(F)F)c1ncc(Br)cc1Br. The van der Waals surface area contributed by atoms with Crippen LogP contribution in [0.1, 0.15) is 13.3 Å². The maximum Gasteiger partial charge on any atom is 0.405 e. The van der Waals surface area contributed by atoms with Gasteiger partial charge in [-0.2, -0.15) is 13.2 Å². The van der Waals surface area contributed by atoms with Gasteiger partial charge in [0.1, 0.15) is 12.4 Å². The molecule has 0 radical (unpaired) electrons. The molecule has 96 valence electrons. The van der Waals surface area contributed by atoms with Crippen molar-refractivity contribution in [2.75, 3.05) is 18.0 Å². The van der Waals surface area contributed by atoms with Crippen molar-refractivity contribution in [2.24, 2.45) is 0 Å². The van der Waals surface area contributed by atoms with Gasteiger partial charge in [0.05, 0.1) is 4.47 Å². The second kappa shape index (κ2) is 6.04. The van der Waals surface area contributed by atoms with Gasteiger partial charge in [-0.1, -0.05) is 6.92 Å². The number of alkyl halides is 3. The van der Waals surface area contributed by atoms with Gasteiger partial charge in [0.15, 0.2) is 0 Å². The molecule has 0 aliphatic heterocycles. The van der Waals surface area contributed by atoms with E-state index in [4.69, 9.17) is 0 Å². The summed E-state index contributed by atoms with van der Waals surface area (Å²) in [6, 6.07) is 1.68. The molecule has 2 nitrogen and oxygen atoms in total. The summed E-state index contributed by atoms with van der Waals surface area (Å²) in [5.41, 5.74) is 0. The van der Waals surface area contributed by atoms with Crippen molar-refractivity contribution in [3.63, 3.8) is 0 Å². The minimum Gasteiger partial charge on any atom is -0.347 e. The molecule has 0 aromatic carbocycles. The molecule has 0 aliphatic rings. The van der Waals surface area contributed by atoms with Gasteiger partial charge in [0, 0.05) is 17.2 Å². The Balaban J connectivity index is 2.97. The van der Waals surface area contributed by atoms with E-state index in [-0.39, 0.29) is 0 Å². The summed E-state index contributed by atoms with van der Waals surface area (Å²) >= 11 is 6.44. The van der Waals surface area contributed by atoms with E-state index in [1.165, 1.54) is 11.1 Å². The molecule has 0 spiro atoms. The van der Waals surface area contributed by atoms with Gasteiger partial charge < -0.3 is 4.90 Å². The molecule has 0 unspecified atom stereocenters. The van der Waals surface area contributed by atoms with Crippen LogP contribution >= 0.6 is 31.9 Å². The van der Waals surface area contributed by atoms with Gasteiger partial charge in [0.25, 0.3) is 0 Å². The van der Waals surface area contributed by atoms with Gasteiger partial charge in [0.2, 0.25) is 0 Å². The molecule has 1 heterocycles. The van der Waals surface area contributed by atoms with Crippen LogP contribution in [0.2, 0.25) is 0 Å². The number of hydrogen-bond acceptors (Lipinski definition) is 2. The number of rotatable bonds is 4. The lowest BCUT2D eigenvalue weighted by atomic mass is 10.3. The van der Waals surface area contributed by atoms with Crippen LogP contribution < -0.4 is 4.90 Å². The fraction of sp³-hybridized carbons (Fsp3) is 0.500. The second-order valence-electron chi connectivity index (χ2n) is 3.50. The van der Waals surface area contributed by atoms with E-state index < -0.39 is 12.7 Å². The summed E-state index contributed by atoms with van der Waals surface area (Å²) in [7, 11) is 0. The maximum atomic E-state index is 12.4. The van der Waals surface area contributed by atoms with E-state index in [1.807, 2.05) is 6.92 Å². The van der Waals surface area contributed by atoms with E-state index in [1.54, 1.807) is 6.07 Å². The number of nitrogens with zero attached hydrogens (tertiary/aromatic N) is 2. The predicted octanol–water partition coefficient (Wildman–Crippen LogP) is 4.39. The van der Waals surface area contributed by atoms with Crippen LogP contribution in [0.4, 0.5) is 19.0 Å². The standard InChI is InChI=1S/C10H11Br2F3N2/c1-2-3-17(6-10(13,14)15)9-8(12)4-7(11)5-16-9/h4-5H,2-3,6H2,1H3. The third-order valence-electron chi connectivity index (χ3n) is 1.95. The largest absolute Gasteiger partial charge is 0.405 e. The summed E-state index contributed by atoms with van der Waals surface area (Å²) in [5, 5.41) is 0. The Kier molecular flexibility index (Phi) is 5.24. The van der Waals surface area contributed by atoms with Crippen LogP contribution in [0.3, 0.4) is 0 Å². The Hall–Kier alpha value is -0.300. The topological polar surface area (TPSA) is 16.1 Å². The number of halogens is 5. The summed E-state index contributed by atoms with van der Waals surface area (Å²) in [6.45, 7) is 1.15. The average Bonchev–Trinajstić information content (AvgIpc) is 2.14.